The van der Waals surface area contributed by atoms with Gasteiger partial charge in [0.15, 0.2) is 0 Å². The number of hydrogen-bond donors (Lipinski definition) is 1. The third-order valence-corrected chi connectivity index (χ3v) is 2.37. The third kappa shape index (κ3) is 2.25. The van der Waals surface area contributed by atoms with E-state index in [4.69, 9.17) is 10.5 Å². The fourth-order valence-electron chi connectivity index (χ4n) is 1.51. The Labute approximate surface area is 99.1 Å². The lowest BCUT2D eigenvalue weighted by atomic mass is 10.1. The largest absolute Gasteiger partial charge is 0.496 e. The van der Waals surface area contributed by atoms with E-state index in [9.17, 15) is 4.79 Å². The van der Waals surface area contributed by atoms with E-state index in [1.807, 2.05) is 6.07 Å². The van der Waals surface area contributed by atoms with Gasteiger partial charge < -0.3 is 10.5 Å². The van der Waals surface area contributed by atoms with Crippen LogP contribution in [0.2, 0.25) is 0 Å². The maximum atomic E-state index is 12.2. The Morgan fingerprint density at radius 2 is 2.00 bits per heavy atom. The van der Waals surface area contributed by atoms with Crippen LogP contribution in [-0.2, 0) is 0 Å². The summed E-state index contributed by atoms with van der Waals surface area (Å²) in [4.78, 5) is 16.2. The molecule has 0 radical (unpaired) electrons. The summed E-state index contributed by atoms with van der Waals surface area (Å²) in [7, 11) is 1.53. The molecule has 0 amide bonds. The zero-order valence-corrected chi connectivity index (χ0v) is 9.38. The summed E-state index contributed by atoms with van der Waals surface area (Å²) in [6.07, 6.45) is 1.46. The number of carbonyl (C=O) groups excluding carboxylic acids is 1. The molecule has 86 valence electrons. The van der Waals surface area contributed by atoms with E-state index in [1.165, 1.54) is 13.3 Å². The Balaban J connectivity index is 2.40. The Kier molecular flexibility index (Phi) is 3.05. The standard InChI is InChI=1S/C13H12N2O2/c1-17-12-5-3-2-4-10(12)13(16)11-7-6-9(14)8-15-11/h2-8H,14H2,1H3. The van der Waals surface area contributed by atoms with Crippen LogP contribution in [0.5, 0.6) is 5.75 Å². The van der Waals surface area contributed by atoms with Crippen molar-refractivity contribution in [3.63, 3.8) is 0 Å². The van der Waals surface area contributed by atoms with Crippen molar-refractivity contribution in [3.05, 3.63) is 53.9 Å². The van der Waals surface area contributed by atoms with E-state index in [0.717, 1.165) is 0 Å². The number of anilines is 1. The van der Waals surface area contributed by atoms with E-state index < -0.39 is 0 Å². The molecule has 0 aliphatic heterocycles. The van der Waals surface area contributed by atoms with E-state index in [-0.39, 0.29) is 5.78 Å². The van der Waals surface area contributed by atoms with E-state index in [1.54, 1.807) is 30.3 Å². The summed E-state index contributed by atoms with van der Waals surface area (Å²) in [5.41, 5.74) is 6.90. The summed E-state index contributed by atoms with van der Waals surface area (Å²) in [5, 5.41) is 0. The molecule has 17 heavy (non-hydrogen) atoms. The van der Waals surface area contributed by atoms with Crippen molar-refractivity contribution in [2.24, 2.45) is 0 Å². The highest BCUT2D eigenvalue weighted by molar-refractivity contribution is 6.09. The molecule has 2 rings (SSSR count). The second kappa shape index (κ2) is 4.65. The predicted molar refractivity (Wildman–Crippen MR) is 65.1 cm³/mol. The third-order valence-electron chi connectivity index (χ3n) is 2.37. The summed E-state index contributed by atoms with van der Waals surface area (Å²) in [6, 6.07) is 10.3. The molecule has 4 heteroatoms. The lowest BCUT2D eigenvalue weighted by Gasteiger charge is -2.06. The number of ether oxygens (including phenoxy) is 1. The summed E-state index contributed by atoms with van der Waals surface area (Å²) in [5.74, 6) is 0.360. The normalized spacial score (nSPS) is 9.94. The van der Waals surface area contributed by atoms with E-state index in [0.29, 0.717) is 22.7 Å². The SMILES string of the molecule is COc1ccccc1C(=O)c1ccc(N)cn1. The van der Waals surface area contributed by atoms with Gasteiger partial charge in [-0.2, -0.15) is 0 Å². The first-order valence-electron chi connectivity index (χ1n) is 5.11. The minimum absolute atomic E-state index is 0.178. The Morgan fingerprint density at radius 3 is 2.65 bits per heavy atom. The second-order valence-corrected chi connectivity index (χ2v) is 3.51. The molecular formula is C13H12N2O2. The topological polar surface area (TPSA) is 65.2 Å². The van der Waals surface area contributed by atoms with Crippen LogP contribution in [0.3, 0.4) is 0 Å². The van der Waals surface area contributed by atoms with Crippen molar-refractivity contribution < 1.29 is 9.53 Å². The number of benzene rings is 1. The summed E-state index contributed by atoms with van der Waals surface area (Å²) in [6.45, 7) is 0. The molecule has 2 N–H and O–H groups in total. The van der Waals surface area contributed by atoms with Crippen LogP contribution in [0, 0.1) is 0 Å². The van der Waals surface area contributed by atoms with Crippen LogP contribution in [0.15, 0.2) is 42.6 Å². The molecule has 0 aliphatic rings. The van der Waals surface area contributed by atoms with Gasteiger partial charge in [0.1, 0.15) is 11.4 Å². The molecule has 0 saturated heterocycles. The van der Waals surface area contributed by atoms with Gasteiger partial charge in [-0.15, -0.1) is 0 Å². The van der Waals surface area contributed by atoms with Gasteiger partial charge in [-0.05, 0) is 24.3 Å². The lowest BCUT2D eigenvalue weighted by Crippen LogP contribution is -2.06. The highest BCUT2D eigenvalue weighted by Crippen LogP contribution is 2.20. The number of methoxy groups -OCH3 is 1. The number of nitrogens with zero attached hydrogens (tertiary/aromatic N) is 1. The zero-order chi connectivity index (χ0) is 12.3. The van der Waals surface area contributed by atoms with Gasteiger partial charge in [-0.1, -0.05) is 12.1 Å². The van der Waals surface area contributed by atoms with Crippen molar-refractivity contribution in [2.75, 3.05) is 12.8 Å². The van der Waals surface area contributed by atoms with Crippen LogP contribution in [0.1, 0.15) is 16.1 Å². The lowest BCUT2D eigenvalue weighted by molar-refractivity contribution is 0.103. The molecule has 1 aromatic carbocycles. The molecule has 0 bridgehead atoms. The summed E-state index contributed by atoms with van der Waals surface area (Å²) >= 11 is 0. The molecule has 2 aromatic rings. The molecule has 0 saturated carbocycles. The predicted octanol–water partition coefficient (Wildman–Crippen LogP) is 1.90. The van der Waals surface area contributed by atoms with Crippen LogP contribution < -0.4 is 10.5 Å². The first-order valence-corrected chi connectivity index (χ1v) is 5.11. The highest BCUT2D eigenvalue weighted by atomic mass is 16.5. The van der Waals surface area contributed by atoms with Gasteiger partial charge >= 0.3 is 0 Å². The monoisotopic (exact) mass is 228 g/mol. The number of pyridine rings is 1. The van der Waals surface area contributed by atoms with Gasteiger partial charge in [-0.3, -0.25) is 9.78 Å². The maximum absolute atomic E-state index is 12.2. The molecule has 1 heterocycles. The fourth-order valence-corrected chi connectivity index (χ4v) is 1.51. The number of carbonyl (C=O) groups is 1. The number of ketones is 1. The van der Waals surface area contributed by atoms with Crippen LogP contribution in [0.25, 0.3) is 0 Å². The molecular weight excluding hydrogens is 216 g/mol. The van der Waals surface area contributed by atoms with Crippen molar-refractivity contribution in [3.8, 4) is 5.75 Å². The van der Waals surface area contributed by atoms with Crippen molar-refractivity contribution in [1.82, 2.24) is 4.98 Å². The summed E-state index contributed by atoms with van der Waals surface area (Å²) < 4.78 is 5.14. The number of aromatic nitrogens is 1. The molecule has 0 unspecified atom stereocenters. The smallest absolute Gasteiger partial charge is 0.215 e. The number of nitrogens with two attached hydrogens (primary N) is 1. The Morgan fingerprint density at radius 1 is 1.24 bits per heavy atom. The quantitative estimate of drug-likeness (QED) is 0.815. The van der Waals surface area contributed by atoms with Crippen molar-refractivity contribution >= 4 is 11.5 Å². The number of rotatable bonds is 3. The van der Waals surface area contributed by atoms with E-state index in [2.05, 4.69) is 4.98 Å². The number of hydrogen-bond acceptors (Lipinski definition) is 4. The molecule has 1 aromatic heterocycles. The average Bonchev–Trinajstić information content (AvgIpc) is 2.39. The number of para-hydroxylation sites is 1. The van der Waals surface area contributed by atoms with Crippen LogP contribution >= 0.6 is 0 Å². The molecule has 0 aliphatic carbocycles. The zero-order valence-electron chi connectivity index (χ0n) is 9.38. The fraction of sp³-hybridized carbons (Fsp3) is 0.0769. The molecule has 0 spiro atoms. The van der Waals surface area contributed by atoms with E-state index >= 15 is 0 Å². The minimum atomic E-state index is -0.178. The molecule has 0 atom stereocenters. The first kappa shape index (κ1) is 11.1. The van der Waals surface area contributed by atoms with Gasteiger partial charge in [0, 0.05) is 0 Å². The van der Waals surface area contributed by atoms with Crippen molar-refractivity contribution in [1.29, 1.82) is 0 Å². The van der Waals surface area contributed by atoms with Gasteiger partial charge in [0.25, 0.3) is 0 Å². The maximum Gasteiger partial charge on any atom is 0.215 e. The van der Waals surface area contributed by atoms with Crippen molar-refractivity contribution in [2.45, 2.75) is 0 Å². The Bertz CT molecular complexity index is 535. The Hall–Kier alpha value is -2.36. The van der Waals surface area contributed by atoms with Crippen LogP contribution in [-0.4, -0.2) is 17.9 Å². The highest BCUT2D eigenvalue weighted by Gasteiger charge is 2.14. The average molecular weight is 228 g/mol. The number of nitrogen functional groups attached to an aromatic ring is 1. The van der Waals surface area contributed by atoms with Gasteiger partial charge in [-0.25, -0.2) is 0 Å². The minimum Gasteiger partial charge on any atom is -0.496 e. The van der Waals surface area contributed by atoms with Gasteiger partial charge in [0.2, 0.25) is 5.78 Å². The second-order valence-electron chi connectivity index (χ2n) is 3.51. The first-order chi connectivity index (χ1) is 8.22. The molecule has 4 nitrogen and oxygen atoms in total. The van der Waals surface area contributed by atoms with Crippen LogP contribution in [0.4, 0.5) is 5.69 Å². The van der Waals surface area contributed by atoms with Gasteiger partial charge in [0.05, 0.1) is 24.6 Å². The molecule has 0 fully saturated rings.